The first-order valence-electron chi connectivity index (χ1n) is 4.96. The third kappa shape index (κ3) is 4.04. The summed E-state index contributed by atoms with van der Waals surface area (Å²) in [5, 5.41) is 8.55. The summed E-state index contributed by atoms with van der Waals surface area (Å²) in [5.74, 6) is 0. The first-order chi connectivity index (χ1) is 8.34. The topological polar surface area (TPSA) is 23.8 Å². The van der Waals surface area contributed by atoms with Gasteiger partial charge in [0.1, 0.15) is 0 Å². The summed E-state index contributed by atoms with van der Waals surface area (Å²) in [4.78, 5) is 0. The van der Waals surface area contributed by atoms with Crippen molar-refractivity contribution >= 4 is 22.0 Å². The van der Waals surface area contributed by atoms with Crippen molar-refractivity contribution in [1.29, 1.82) is 5.26 Å². The van der Waals surface area contributed by atoms with E-state index in [4.69, 9.17) is 5.26 Å². The molecule has 94 valence electrons. The molecule has 0 N–H and O–H groups in total. The Labute approximate surface area is 111 Å². The number of allylic oxidation sites excluding steroid dienone is 3. The average Bonchev–Trinajstić information content (AvgIpc) is 2.29. The van der Waals surface area contributed by atoms with Gasteiger partial charge in [0, 0.05) is 10.0 Å². The summed E-state index contributed by atoms with van der Waals surface area (Å²) in [6, 6.07) is 8.33. The van der Waals surface area contributed by atoms with Gasteiger partial charge in [-0.15, -0.1) is 0 Å². The number of halogens is 4. The van der Waals surface area contributed by atoms with Gasteiger partial charge in [-0.1, -0.05) is 34.1 Å². The highest BCUT2D eigenvalue weighted by molar-refractivity contribution is 9.10. The molecule has 18 heavy (non-hydrogen) atoms. The Bertz CT molecular complexity index is 519. The smallest absolute Gasteiger partial charge is 0.193 e. The molecule has 0 radical (unpaired) electrons. The molecule has 0 spiro atoms. The standard InChI is InChI=1S/C13H9BrF3N/c1-9(8-18)12(13(15,16)17)7-4-10-2-5-11(14)6-3-10/h2-7H,1H3/b7-4+,12-9-. The molecule has 0 saturated carbocycles. The number of benzene rings is 1. The van der Waals surface area contributed by atoms with Crippen LogP contribution >= 0.6 is 15.9 Å². The van der Waals surface area contributed by atoms with Crippen LogP contribution in [-0.2, 0) is 0 Å². The van der Waals surface area contributed by atoms with Gasteiger partial charge in [-0.3, -0.25) is 0 Å². The molecule has 0 aliphatic heterocycles. The lowest BCUT2D eigenvalue weighted by atomic mass is 10.1. The SMILES string of the molecule is C/C(C#N)=C(\C=C\c1ccc(Br)cc1)C(F)(F)F. The highest BCUT2D eigenvalue weighted by Gasteiger charge is 2.33. The van der Waals surface area contributed by atoms with Crippen molar-refractivity contribution in [3.05, 3.63) is 51.5 Å². The fraction of sp³-hybridized carbons (Fsp3) is 0.154. The predicted molar refractivity (Wildman–Crippen MR) is 67.5 cm³/mol. The number of nitrogens with zero attached hydrogens (tertiary/aromatic N) is 1. The van der Waals surface area contributed by atoms with Gasteiger partial charge in [0.25, 0.3) is 0 Å². The molecule has 5 heteroatoms. The van der Waals surface area contributed by atoms with Crippen molar-refractivity contribution in [2.24, 2.45) is 0 Å². The van der Waals surface area contributed by atoms with E-state index in [9.17, 15) is 13.2 Å². The summed E-state index contributed by atoms with van der Waals surface area (Å²) in [6.45, 7) is 1.15. The quantitative estimate of drug-likeness (QED) is 0.564. The zero-order chi connectivity index (χ0) is 13.8. The predicted octanol–water partition coefficient (Wildman–Crippen LogP) is 4.86. The van der Waals surface area contributed by atoms with E-state index in [1.54, 1.807) is 24.3 Å². The maximum atomic E-state index is 12.7. The Hall–Kier alpha value is -1.54. The molecule has 0 aromatic heterocycles. The molecule has 0 atom stereocenters. The lowest BCUT2D eigenvalue weighted by Crippen LogP contribution is -2.11. The molecule has 0 aliphatic carbocycles. The van der Waals surface area contributed by atoms with Crippen LogP contribution in [0.1, 0.15) is 12.5 Å². The van der Waals surface area contributed by atoms with E-state index in [-0.39, 0.29) is 5.57 Å². The average molecular weight is 316 g/mol. The summed E-state index contributed by atoms with van der Waals surface area (Å²) in [6.07, 6.45) is -2.27. The van der Waals surface area contributed by atoms with E-state index in [1.807, 2.05) is 0 Å². The van der Waals surface area contributed by atoms with Crippen molar-refractivity contribution in [3.63, 3.8) is 0 Å². The molecule has 0 aliphatic rings. The molecule has 0 fully saturated rings. The molecular weight excluding hydrogens is 307 g/mol. The van der Waals surface area contributed by atoms with Crippen molar-refractivity contribution in [2.45, 2.75) is 13.1 Å². The molecule has 1 aromatic rings. The van der Waals surface area contributed by atoms with Gasteiger partial charge < -0.3 is 0 Å². The Morgan fingerprint density at radius 3 is 2.28 bits per heavy atom. The zero-order valence-corrected chi connectivity index (χ0v) is 11.0. The van der Waals surface area contributed by atoms with Crippen molar-refractivity contribution in [3.8, 4) is 6.07 Å². The van der Waals surface area contributed by atoms with E-state index in [0.717, 1.165) is 17.5 Å². The van der Waals surface area contributed by atoms with Crippen LogP contribution in [0.5, 0.6) is 0 Å². The Kier molecular flexibility index (Phi) is 4.74. The maximum Gasteiger partial charge on any atom is 0.417 e. The Balaban J connectivity index is 3.07. The van der Waals surface area contributed by atoms with Crippen molar-refractivity contribution in [1.82, 2.24) is 0 Å². The minimum Gasteiger partial charge on any atom is -0.193 e. The second-order valence-corrected chi connectivity index (χ2v) is 4.45. The van der Waals surface area contributed by atoms with E-state index in [0.29, 0.717) is 5.56 Å². The maximum absolute atomic E-state index is 12.7. The first kappa shape index (κ1) is 14.5. The number of alkyl halides is 3. The molecule has 0 unspecified atom stereocenters. The monoisotopic (exact) mass is 315 g/mol. The number of rotatable bonds is 2. The van der Waals surface area contributed by atoms with Gasteiger partial charge in [-0.2, -0.15) is 18.4 Å². The molecule has 1 nitrogen and oxygen atoms in total. The van der Waals surface area contributed by atoms with E-state index in [1.165, 1.54) is 12.1 Å². The van der Waals surface area contributed by atoms with E-state index < -0.39 is 11.7 Å². The van der Waals surface area contributed by atoms with Gasteiger partial charge in [-0.25, -0.2) is 0 Å². The molecule has 0 amide bonds. The summed E-state index contributed by atoms with van der Waals surface area (Å²) < 4.78 is 38.8. The number of nitriles is 1. The fourth-order valence-electron chi connectivity index (χ4n) is 1.25. The van der Waals surface area contributed by atoms with Gasteiger partial charge in [0.2, 0.25) is 0 Å². The van der Waals surface area contributed by atoms with Gasteiger partial charge in [0.15, 0.2) is 0 Å². The van der Waals surface area contributed by atoms with Crippen LogP contribution in [0.25, 0.3) is 6.08 Å². The van der Waals surface area contributed by atoms with Gasteiger partial charge in [-0.05, 0) is 30.7 Å². The van der Waals surface area contributed by atoms with Crippen LogP contribution in [-0.4, -0.2) is 6.18 Å². The molecule has 0 bridgehead atoms. The summed E-state index contributed by atoms with van der Waals surface area (Å²) in [7, 11) is 0. The Morgan fingerprint density at radius 2 is 1.83 bits per heavy atom. The molecule has 0 heterocycles. The number of hydrogen-bond donors (Lipinski definition) is 0. The molecule has 1 rings (SSSR count). The van der Waals surface area contributed by atoms with Crippen LogP contribution in [0.3, 0.4) is 0 Å². The minimum atomic E-state index is -4.52. The first-order valence-corrected chi connectivity index (χ1v) is 5.75. The number of hydrogen-bond acceptors (Lipinski definition) is 1. The summed E-state index contributed by atoms with van der Waals surface area (Å²) >= 11 is 3.24. The van der Waals surface area contributed by atoms with Gasteiger partial charge >= 0.3 is 6.18 Å². The minimum absolute atomic E-state index is 0.351. The van der Waals surface area contributed by atoms with Crippen LogP contribution in [0, 0.1) is 11.3 Å². The van der Waals surface area contributed by atoms with Gasteiger partial charge in [0.05, 0.1) is 11.6 Å². The molecule has 1 aromatic carbocycles. The Morgan fingerprint density at radius 1 is 1.28 bits per heavy atom. The lowest BCUT2D eigenvalue weighted by molar-refractivity contribution is -0.0886. The summed E-state index contributed by atoms with van der Waals surface area (Å²) in [5.41, 5.74) is -0.644. The van der Waals surface area contributed by atoms with E-state index >= 15 is 0 Å². The van der Waals surface area contributed by atoms with Crippen molar-refractivity contribution in [2.75, 3.05) is 0 Å². The van der Waals surface area contributed by atoms with Crippen molar-refractivity contribution < 1.29 is 13.2 Å². The van der Waals surface area contributed by atoms with Crippen LogP contribution in [0.4, 0.5) is 13.2 Å². The van der Waals surface area contributed by atoms with E-state index in [2.05, 4.69) is 15.9 Å². The largest absolute Gasteiger partial charge is 0.417 e. The highest BCUT2D eigenvalue weighted by atomic mass is 79.9. The van der Waals surface area contributed by atoms with Crippen LogP contribution < -0.4 is 0 Å². The second-order valence-electron chi connectivity index (χ2n) is 3.53. The normalized spacial score (nSPS) is 13.3. The second kappa shape index (κ2) is 5.87. The third-order valence-corrected chi connectivity index (χ3v) is 2.72. The molecule has 0 saturated heterocycles. The fourth-order valence-corrected chi connectivity index (χ4v) is 1.51. The van der Waals surface area contributed by atoms with Crippen LogP contribution in [0.15, 0.2) is 46.0 Å². The lowest BCUT2D eigenvalue weighted by Gasteiger charge is -2.08. The highest BCUT2D eigenvalue weighted by Crippen LogP contribution is 2.29. The third-order valence-electron chi connectivity index (χ3n) is 2.19. The molecular formula is C13H9BrF3N. The zero-order valence-electron chi connectivity index (χ0n) is 9.42. The van der Waals surface area contributed by atoms with Crippen LogP contribution in [0.2, 0.25) is 0 Å².